The topological polar surface area (TPSA) is 76.7 Å². The van der Waals surface area contributed by atoms with Crippen molar-refractivity contribution in [3.8, 4) is 0 Å². The second-order valence-corrected chi connectivity index (χ2v) is 6.60. The molecule has 1 unspecified atom stereocenters. The molecule has 0 heterocycles. The maximum absolute atomic E-state index is 13.5. The molecule has 3 N–H and O–H groups in total. The summed E-state index contributed by atoms with van der Waals surface area (Å²) < 4.78 is 56.0. The minimum absolute atomic E-state index is 0.0233. The smallest absolute Gasteiger partial charge is 0.413 e. The van der Waals surface area contributed by atoms with Crippen LogP contribution in [0.4, 0.5) is 22.4 Å². The number of carbonyl (C=O) groups is 1. The van der Waals surface area contributed by atoms with E-state index in [2.05, 4.69) is 15.0 Å². The molecule has 5 nitrogen and oxygen atoms in total. The Morgan fingerprint density at radius 2 is 2.18 bits per heavy atom. The van der Waals surface area contributed by atoms with E-state index in [0.717, 1.165) is 0 Å². The Bertz CT molecular complexity index is 739. The first-order valence-corrected chi connectivity index (χ1v) is 8.86. The second kappa shape index (κ2) is 9.57. The van der Waals surface area contributed by atoms with Gasteiger partial charge in [0.2, 0.25) is 5.92 Å². The summed E-state index contributed by atoms with van der Waals surface area (Å²) in [5.41, 5.74) is 7.06. The molecule has 2 aliphatic carbocycles. The molecule has 0 radical (unpaired) electrons. The zero-order valence-corrected chi connectivity index (χ0v) is 15.4. The van der Waals surface area contributed by atoms with Crippen LogP contribution >= 0.6 is 0 Å². The van der Waals surface area contributed by atoms with E-state index in [9.17, 15) is 22.4 Å². The maximum Gasteiger partial charge on any atom is 0.413 e. The van der Waals surface area contributed by atoms with E-state index in [1.165, 1.54) is 6.92 Å². The van der Waals surface area contributed by atoms with Gasteiger partial charge in [0.05, 0.1) is 5.70 Å². The van der Waals surface area contributed by atoms with Crippen molar-refractivity contribution >= 4 is 11.9 Å². The third-order valence-electron chi connectivity index (χ3n) is 4.41. The lowest BCUT2D eigenvalue weighted by Crippen LogP contribution is -2.34. The van der Waals surface area contributed by atoms with Crippen molar-refractivity contribution in [3.05, 3.63) is 47.3 Å². The van der Waals surface area contributed by atoms with Crippen LogP contribution in [0.1, 0.15) is 32.6 Å². The van der Waals surface area contributed by atoms with Crippen molar-refractivity contribution in [1.82, 2.24) is 5.32 Å². The van der Waals surface area contributed by atoms with Crippen LogP contribution in [0, 0.1) is 5.92 Å². The van der Waals surface area contributed by atoms with Crippen molar-refractivity contribution in [3.63, 3.8) is 0 Å². The number of hydrogen-bond donors (Lipinski definition) is 2. The molecule has 9 heteroatoms. The summed E-state index contributed by atoms with van der Waals surface area (Å²) in [4.78, 5) is 16.2. The van der Waals surface area contributed by atoms with Gasteiger partial charge < -0.3 is 10.5 Å². The van der Waals surface area contributed by atoms with Crippen LogP contribution in [0.3, 0.4) is 0 Å². The molecule has 1 fully saturated rings. The molecule has 1 amide bonds. The molecule has 0 aromatic rings. The summed E-state index contributed by atoms with van der Waals surface area (Å²) >= 11 is 0. The summed E-state index contributed by atoms with van der Waals surface area (Å²) in [6.07, 6.45) is 5.14. The molecule has 1 saturated carbocycles. The highest BCUT2D eigenvalue weighted by Gasteiger charge is 2.41. The van der Waals surface area contributed by atoms with E-state index in [1.54, 1.807) is 18.2 Å². The van der Waals surface area contributed by atoms with Crippen molar-refractivity contribution in [1.29, 1.82) is 0 Å². The summed E-state index contributed by atoms with van der Waals surface area (Å²) in [6.45, 7) is 0.468. The normalized spacial score (nSPS) is 22.6. The number of hydrogen-bond acceptors (Lipinski definition) is 4. The minimum atomic E-state index is -2.81. The second-order valence-electron chi connectivity index (χ2n) is 6.60. The van der Waals surface area contributed by atoms with Gasteiger partial charge in [-0.05, 0) is 25.8 Å². The molecule has 0 spiro atoms. The first-order chi connectivity index (χ1) is 13.2. The third kappa shape index (κ3) is 6.54. The molecular weight excluding hydrogens is 378 g/mol. The van der Waals surface area contributed by atoms with Gasteiger partial charge in [-0.3, -0.25) is 5.32 Å². The molecule has 0 saturated heterocycles. The molecule has 28 heavy (non-hydrogen) atoms. The van der Waals surface area contributed by atoms with Gasteiger partial charge in [-0.2, -0.15) is 0 Å². The average Bonchev–Trinajstić information content (AvgIpc) is 2.83. The molecule has 1 atom stereocenters. The molecule has 0 aliphatic heterocycles. The van der Waals surface area contributed by atoms with Gasteiger partial charge in [0.1, 0.15) is 5.84 Å². The summed E-state index contributed by atoms with van der Waals surface area (Å²) in [7, 11) is 0. The Morgan fingerprint density at radius 1 is 1.43 bits per heavy atom. The Morgan fingerprint density at radius 3 is 2.82 bits per heavy atom. The minimum Gasteiger partial charge on any atom is -0.443 e. The molecule has 0 aromatic heterocycles. The van der Waals surface area contributed by atoms with E-state index in [1.807, 2.05) is 12.2 Å². The fourth-order valence-corrected chi connectivity index (χ4v) is 2.92. The maximum atomic E-state index is 13.5. The van der Waals surface area contributed by atoms with Gasteiger partial charge in [0, 0.05) is 30.0 Å². The fraction of sp³-hybridized carbons (Fsp3) is 0.474. The summed E-state index contributed by atoms with van der Waals surface area (Å²) in [5.74, 6) is -3.36. The average molecular weight is 401 g/mol. The van der Waals surface area contributed by atoms with E-state index < -0.39 is 31.0 Å². The van der Waals surface area contributed by atoms with Crippen molar-refractivity contribution in [2.75, 3.05) is 6.61 Å². The lowest BCUT2D eigenvalue weighted by atomic mass is 9.99. The highest BCUT2D eigenvalue weighted by Crippen LogP contribution is 2.41. The predicted octanol–water partition coefficient (Wildman–Crippen LogP) is 4.44. The number of alkyl carbamates (subject to hydrolysis) is 1. The number of rotatable bonds is 5. The number of nitrogens with zero attached hydrogens (tertiary/aromatic N) is 1. The van der Waals surface area contributed by atoms with Gasteiger partial charge in [0.15, 0.2) is 6.61 Å². The zero-order valence-electron chi connectivity index (χ0n) is 15.4. The molecule has 0 aromatic carbocycles. The monoisotopic (exact) mass is 401 g/mol. The number of nitrogens with two attached hydrogens (primary N) is 1. The van der Waals surface area contributed by atoms with E-state index in [-0.39, 0.29) is 30.8 Å². The number of carbonyl (C=O) groups excluding carboxylic acids is 1. The lowest BCUT2D eigenvalue weighted by Gasteiger charge is -2.17. The van der Waals surface area contributed by atoms with Gasteiger partial charge in [-0.25, -0.2) is 27.3 Å². The molecule has 2 rings (SSSR count). The van der Waals surface area contributed by atoms with Crippen molar-refractivity contribution in [2.24, 2.45) is 16.6 Å². The molecule has 2 aliphatic rings. The van der Waals surface area contributed by atoms with E-state index in [4.69, 9.17) is 5.73 Å². The van der Waals surface area contributed by atoms with Crippen molar-refractivity contribution < 1.29 is 27.1 Å². The largest absolute Gasteiger partial charge is 0.443 e. The van der Waals surface area contributed by atoms with Crippen LogP contribution in [-0.2, 0) is 4.74 Å². The number of amides is 1. The molecule has 0 bridgehead atoms. The Hall–Kier alpha value is -2.58. The molecule has 154 valence electrons. The van der Waals surface area contributed by atoms with Crippen LogP contribution in [0.2, 0.25) is 0 Å². The summed E-state index contributed by atoms with van der Waals surface area (Å²) in [5, 5.41) is 2.30. The van der Waals surface area contributed by atoms with E-state index in [0.29, 0.717) is 17.7 Å². The zero-order chi connectivity index (χ0) is 20.7. The van der Waals surface area contributed by atoms with Crippen LogP contribution in [0.5, 0.6) is 0 Å². The first-order valence-electron chi connectivity index (χ1n) is 8.86. The van der Waals surface area contributed by atoms with Gasteiger partial charge in [-0.15, -0.1) is 0 Å². The van der Waals surface area contributed by atoms with Crippen LogP contribution < -0.4 is 11.1 Å². The number of amidine groups is 1. The summed E-state index contributed by atoms with van der Waals surface area (Å²) in [6, 6.07) is 0. The Balaban J connectivity index is 2.27. The van der Waals surface area contributed by atoms with Gasteiger partial charge in [0.25, 0.3) is 6.43 Å². The first kappa shape index (κ1) is 21.7. The fourth-order valence-electron chi connectivity index (χ4n) is 2.92. The lowest BCUT2D eigenvalue weighted by molar-refractivity contribution is 0.00630. The number of alkyl halides is 4. The Labute approximate surface area is 160 Å². The van der Waals surface area contributed by atoms with Crippen LogP contribution in [0.25, 0.3) is 0 Å². The van der Waals surface area contributed by atoms with Gasteiger partial charge >= 0.3 is 6.09 Å². The quantitative estimate of drug-likeness (QED) is 0.406. The standard InChI is InChI=1S/C19H23F4N3O2/c1-12(16(24)13-8-9-19(22,23)10-13)17(26-18(27)28-11-15(20)21)25-14-6-4-2-3-5-7-14/h2-4,6-7,13,15H,5,8-11,24H2,1H3,(H,25,26,27)/b16-12-. The highest BCUT2D eigenvalue weighted by molar-refractivity contribution is 6.06. The predicted molar refractivity (Wildman–Crippen MR) is 98.1 cm³/mol. The van der Waals surface area contributed by atoms with Crippen LogP contribution in [0.15, 0.2) is 52.3 Å². The van der Waals surface area contributed by atoms with Gasteiger partial charge in [-0.1, -0.05) is 24.3 Å². The van der Waals surface area contributed by atoms with Crippen molar-refractivity contribution in [2.45, 2.75) is 45.0 Å². The Kier molecular flexibility index (Phi) is 7.42. The number of aliphatic imine (C=N–C) groups is 1. The third-order valence-corrected chi connectivity index (χ3v) is 4.41. The highest BCUT2D eigenvalue weighted by atomic mass is 19.3. The molecular formula is C19H23F4N3O2. The SMILES string of the molecule is C/C(C(=NC1=CCC=CC=C1)NC(=O)OCC(F)F)=C(/N)C1CCC(F)(F)C1. The van der Waals surface area contributed by atoms with E-state index >= 15 is 0 Å². The number of ether oxygens (including phenoxy) is 1. The number of nitrogens with one attached hydrogen (secondary N) is 1. The van der Waals surface area contributed by atoms with Crippen LogP contribution in [-0.4, -0.2) is 30.9 Å². The number of halogens is 4. The number of allylic oxidation sites excluding steroid dienone is 6.